The van der Waals surface area contributed by atoms with Gasteiger partial charge in [0.25, 0.3) is 11.6 Å². The Bertz CT molecular complexity index is 1280. The fourth-order valence-electron chi connectivity index (χ4n) is 3.62. The molecular weight excluding hydrogens is 450 g/mol. The number of thioether (sulfide) groups is 1. The molecule has 0 spiro atoms. The molecule has 0 N–H and O–H groups in total. The van der Waals surface area contributed by atoms with E-state index in [9.17, 15) is 14.9 Å². The molecule has 1 heterocycles. The third-order valence-electron chi connectivity index (χ3n) is 5.23. The van der Waals surface area contributed by atoms with Gasteiger partial charge in [-0.05, 0) is 66.4 Å². The summed E-state index contributed by atoms with van der Waals surface area (Å²) in [5.74, 6) is 1.05. The number of benzene rings is 3. The molecule has 172 valence electrons. The number of ether oxygens (including phenoxy) is 1. The highest BCUT2D eigenvalue weighted by molar-refractivity contribution is 8.13. The summed E-state index contributed by atoms with van der Waals surface area (Å²) in [7, 11) is 1.61. The number of anilines is 1. The van der Waals surface area contributed by atoms with Crippen molar-refractivity contribution in [1.29, 1.82) is 0 Å². The van der Waals surface area contributed by atoms with Gasteiger partial charge >= 0.3 is 0 Å². The molecule has 0 fully saturated rings. The Morgan fingerprint density at radius 3 is 2.26 bits per heavy atom. The number of amides is 1. The third-order valence-corrected chi connectivity index (χ3v) is 6.24. The number of aliphatic imine (C=N–C) groups is 1. The van der Waals surface area contributed by atoms with E-state index in [-0.39, 0.29) is 11.6 Å². The number of nitro groups is 1. The van der Waals surface area contributed by atoms with E-state index in [1.165, 1.54) is 23.9 Å². The molecule has 0 unspecified atom stereocenters. The predicted octanol–water partition coefficient (Wildman–Crippen LogP) is 5.90. The number of amidine groups is 1. The molecule has 1 aliphatic rings. The fourth-order valence-corrected chi connectivity index (χ4v) is 4.59. The number of hydrogen-bond acceptors (Lipinski definition) is 6. The quantitative estimate of drug-likeness (QED) is 0.253. The summed E-state index contributed by atoms with van der Waals surface area (Å²) in [5, 5.41) is 11.5. The van der Waals surface area contributed by atoms with Crippen LogP contribution in [0.3, 0.4) is 0 Å². The summed E-state index contributed by atoms with van der Waals surface area (Å²) in [6.45, 7) is 3.98. The molecule has 0 saturated carbocycles. The van der Waals surface area contributed by atoms with Gasteiger partial charge in [0.2, 0.25) is 0 Å². The van der Waals surface area contributed by atoms with Crippen molar-refractivity contribution >= 4 is 40.3 Å². The van der Waals surface area contributed by atoms with E-state index in [0.29, 0.717) is 16.6 Å². The van der Waals surface area contributed by atoms with Gasteiger partial charge in [-0.15, -0.1) is 0 Å². The van der Waals surface area contributed by atoms with Gasteiger partial charge in [0.05, 0.1) is 17.7 Å². The zero-order chi connectivity index (χ0) is 24.2. The second-order valence-corrected chi connectivity index (χ2v) is 8.84. The summed E-state index contributed by atoms with van der Waals surface area (Å²) in [6.07, 6.45) is 1.76. The number of aryl methyl sites for hydroxylation is 2. The molecule has 0 saturated heterocycles. The second-order valence-electron chi connectivity index (χ2n) is 7.90. The Kier molecular flexibility index (Phi) is 6.79. The van der Waals surface area contributed by atoms with Crippen LogP contribution in [-0.4, -0.2) is 23.1 Å². The van der Waals surface area contributed by atoms with Crippen LogP contribution in [0, 0.1) is 24.0 Å². The summed E-state index contributed by atoms with van der Waals surface area (Å²) in [4.78, 5) is 30.2. The maximum Gasteiger partial charge on any atom is 0.283 e. The van der Waals surface area contributed by atoms with Gasteiger partial charge in [0.15, 0.2) is 5.17 Å². The van der Waals surface area contributed by atoms with Crippen LogP contribution in [0.15, 0.2) is 77.4 Å². The molecule has 8 heteroatoms. The lowest BCUT2D eigenvalue weighted by Gasteiger charge is -2.19. The smallest absolute Gasteiger partial charge is 0.283 e. The SMILES string of the molecule is COc1ccc(C=C2N=C(SCc3ccc([N+](=O)[O-])cc3)N(c3cc(C)cc(C)c3)C2=O)cc1. The minimum Gasteiger partial charge on any atom is -0.497 e. The van der Waals surface area contributed by atoms with E-state index < -0.39 is 4.92 Å². The molecular formula is C26H23N3O4S. The van der Waals surface area contributed by atoms with Crippen molar-refractivity contribution in [2.45, 2.75) is 19.6 Å². The summed E-state index contributed by atoms with van der Waals surface area (Å²) in [6, 6.07) is 19.8. The third kappa shape index (κ3) is 5.18. The van der Waals surface area contributed by atoms with Gasteiger partial charge in [0.1, 0.15) is 11.4 Å². The fraction of sp³-hybridized carbons (Fsp3) is 0.154. The lowest BCUT2D eigenvalue weighted by molar-refractivity contribution is -0.384. The highest BCUT2D eigenvalue weighted by Crippen LogP contribution is 2.32. The van der Waals surface area contributed by atoms with E-state index in [1.807, 2.05) is 50.2 Å². The normalized spacial score (nSPS) is 14.4. The van der Waals surface area contributed by atoms with Crippen molar-refractivity contribution < 1.29 is 14.5 Å². The molecule has 0 aromatic heterocycles. The highest BCUT2D eigenvalue weighted by Gasteiger charge is 2.32. The lowest BCUT2D eigenvalue weighted by atomic mass is 10.1. The van der Waals surface area contributed by atoms with Crippen LogP contribution in [0.5, 0.6) is 5.75 Å². The van der Waals surface area contributed by atoms with Gasteiger partial charge < -0.3 is 4.74 Å². The zero-order valence-electron chi connectivity index (χ0n) is 19.0. The minimum atomic E-state index is -0.422. The molecule has 3 aromatic carbocycles. The Balaban J connectivity index is 1.65. The number of rotatable bonds is 6. The first-order valence-corrected chi connectivity index (χ1v) is 11.6. The van der Waals surface area contributed by atoms with Crippen molar-refractivity contribution in [2.75, 3.05) is 12.0 Å². The maximum absolute atomic E-state index is 13.4. The summed E-state index contributed by atoms with van der Waals surface area (Å²) >= 11 is 1.41. The first-order chi connectivity index (χ1) is 16.3. The monoisotopic (exact) mass is 473 g/mol. The molecule has 0 bridgehead atoms. The van der Waals surface area contributed by atoms with Gasteiger partial charge in [0, 0.05) is 17.9 Å². The van der Waals surface area contributed by atoms with Crippen LogP contribution in [0.2, 0.25) is 0 Å². The largest absolute Gasteiger partial charge is 0.497 e. The van der Waals surface area contributed by atoms with E-state index >= 15 is 0 Å². The van der Waals surface area contributed by atoms with Crippen molar-refractivity contribution in [3.63, 3.8) is 0 Å². The maximum atomic E-state index is 13.4. The number of methoxy groups -OCH3 is 1. The molecule has 7 nitrogen and oxygen atoms in total. The molecule has 1 aliphatic heterocycles. The van der Waals surface area contributed by atoms with Crippen LogP contribution in [-0.2, 0) is 10.5 Å². The number of nitro benzene ring substituents is 1. The number of carbonyl (C=O) groups is 1. The van der Waals surface area contributed by atoms with Crippen molar-refractivity contribution in [3.05, 3.63) is 105 Å². The van der Waals surface area contributed by atoms with Crippen LogP contribution in [0.4, 0.5) is 11.4 Å². The molecule has 1 amide bonds. The number of nitrogens with zero attached hydrogens (tertiary/aromatic N) is 3. The Hall–Kier alpha value is -3.91. The first-order valence-electron chi connectivity index (χ1n) is 10.6. The molecule has 34 heavy (non-hydrogen) atoms. The Morgan fingerprint density at radius 2 is 1.68 bits per heavy atom. The van der Waals surface area contributed by atoms with Gasteiger partial charge in [-0.3, -0.25) is 19.8 Å². The average Bonchev–Trinajstić information content (AvgIpc) is 3.12. The lowest BCUT2D eigenvalue weighted by Crippen LogP contribution is -2.30. The number of carbonyl (C=O) groups excluding carboxylic acids is 1. The number of hydrogen-bond donors (Lipinski definition) is 0. The Labute approximate surface area is 201 Å². The average molecular weight is 474 g/mol. The topological polar surface area (TPSA) is 85.0 Å². The van der Waals surface area contributed by atoms with E-state index in [4.69, 9.17) is 4.74 Å². The van der Waals surface area contributed by atoms with E-state index in [2.05, 4.69) is 11.1 Å². The molecule has 0 radical (unpaired) electrons. The van der Waals surface area contributed by atoms with Crippen LogP contribution < -0.4 is 9.64 Å². The van der Waals surface area contributed by atoms with E-state index in [0.717, 1.165) is 33.7 Å². The van der Waals surface area contributed by atoms with Crippen molar-refractivity contribution in [2.24, 2.45) is 4.99 Å². The molecule has 3 aromatic rings. The van der Waals surface area contributed by atoms with Gasteiger partial charge in [-0.25, -0.2) is 4.99 Å². The summed E-state index contributed by atoms with van der Waals surface area (Å²) < 4.78 is 5.20. The predicted molar refractivity (Wildman–Crippen MR) is 136 cm³/mol. The minimum absolute atomic E-state index is 0.0451. The van der Waals surface area contributed by atoms with Crippen LogP contribution in [0.25, 0.3) is 6.08 Å². The van der Waals surface area contributed by atoms with E-state index in [1.54, 1.807) is 30.2 Å². The van der Waals surface area contributed by atoms with Crippen LogP contribution >= 0.6 is 11.8 Å². The first kappa shape index (κ1) is 23.3. The Morgan fingerprint density at radius 1 is 1.03 bits per heavy atom. The second kappa shape index (κ2) is 9.93. The van der Waals surface area contributed by atoms with Gasteiger partial charge in [-0.2, -0.15) is 0 Å². The summed E-state index contributed by atoms with van der Waals surface area (Å²) in [5.41, 5.74) is 4.99. The molecule has 0 aliphatic carbocycles. The van der Waals surface area contributed by atoms with Crippen LogP contribution in [0.1, 0.15) is 22.3 Å². The van der Waals surface area contributed by atoms with Gasteiger partial charge in [-0.1, -0.05) is 42.1 Å². The van der Waals surface area contributed by atoms with Crippen molar-refractivity contribution in [3.8, 4) is 5.75 Å². The highest BCUT2D eigenvalue weighted by atomic mass is 32.2. The molecule has 0 atom stereocenters. The standard InChI is InChI=1S/C26H23N3O4S/c1-17-12-18(2)14-22(13-17)28-25(30)24(15-19-6-10-23(33-3)11-7-19)27-26(28)34-16-20-4-8-21(9-5-20)29(31)32/h4-15H,16H2,1-3H3. The molecule has 4 rings (SSSR count). The number of non-ortho nitro benzene ring substituents is 1. The zero-order valence-corrected chi connectivity index (χ0v) is 19.8. The van der Waals surface area contributed by atoms with Crippen molar-refractivity contribution in [1.82, 2.24) is 0 Å².